The van der Waals surface area contributed by atoms with Gasteiger partial charge < -0.3 is 15.7 Å². The summed E-state index contributed by atoms with van der Waals surface area (Å²) in [5, 5.41) is 14.1. The van der Waals surface area contributed by atoms with Crippen LogP contribution in [0.5, 0.6) is 0 Å². The lowest BCUT2D eigenvalue weighted by Gasteiger charge is -2.34. The molecule has 2 amide bonds. The molecular formula is C14H20N4O3. The summed E-state index contributed by atoms with van der Waals surface area (Å²) in [5.74, 6) is -0.381. The van der Waals surface area contributed by atoms with Gasteiger partial charge in [-0.3, -0.25) is 19.5 Å². The molecule has 0 radical (unpaired) electrons. The van der Waals surface area contributed by atoms with E-state index in [-0.39, 0.29) is 31.4 Å². The molecule has 1 saturated heterocycles. The second-order valence-corrected chi connectivity index (χ2v) is 4.88. The van der Waals surface area contributed by atoms with Crippen molar-refractivity contribution in [2.24, 2.45) is 0 Å². The number of aliphatic hydroxyl groups excluding tert-OH is 1. The Labute approximate surface area is 123 Å². The van der Waals surface area contributed by atoms with E-state index >= 15 is 0 Å². The van der Waals surface area contributed by atoms with Gasteiger partial charge in [-0.15, -0.1) is 0 Å². The zero-order chi connectivity index (χ0) is 15.1. The van der Waals surface area contributed by atoms with Crippen LogP contribution in [-0.4, -0.2) is 59.1 Å². The number of rotatable bonds is 6. The van der Waals surface area contributed by atoms with Crippen LogP contribution in [0, 0.1) is 0 Å². The van der Waals surface area contributed by atoms with Crippen molar-refractivity contribution in [3.05, 3.63) is 30.1 Å². The van der Waals surface area contributed by atoms with E-state index in [0.29, 0.717) is 19.6 Å². The van der Waals surface area contributed by atoms with Crippen molar-refractivity contribution in [1.29, 1.82) is 0 Å². The van der Waals surface area contributed by atoms with Crippen LogP contribution < -0.4 is 10.6 Å². The number of piperazine rings is 1. The summed E-state index contributed by atoms with van der Waals surface area (Å²) in [4.78, 5) is 30.0. The van der Waals surface area contributed by atoms with Crippen molar-refractivity contribution in [1.82, 2.24) is 20.5 Å². The molecule has 0 aromatic carbocycles. The first-order valence-corrected chi connectivity index (χ1v) is 7.00. The number of carbonyl (C=O) groups excluding carboxylic acids is 2. The van der Waals surface area contributed by atoms with Gasteiger partial charge in [-0.25, -0.2) is 0 Å². The molecule has 0 unspecified atom stereocenters. The Bertz CT molecular complexity index is 480. The van der Waals surface area contributed by atoms with Crippen LogP contribution in [0.2, 0.25) is 0 Å². The van der Waals surface area contributed by atoms with E-state index < -0.39 is 6.04 Å². The van der Waals surface area contributed by atoms with Gasteiger partial charge in [0, 0.05) is 32.4 Å². The fourth-order valence-corrected chi connectivity index (χ4v) is 2.32. The number of amides is 2. The molecule has 114 valence electrons. The summed E-state index contributed by atoms with van der Waals surface area (Å²) in [7, 11) is 0. The van der Waals surface area contributed by atoms with Gasteiger partial charge in [0.15, 0.2) is 0 Å². The third kappa shape index (κ3) is 4.51. The Hall–Kier alpha value is -1.99. The molecule has 1 aliphatic heterocycles. The van der Waals surface area contributed by atoms with E-state index in [2.05, 4.69) is 15.6 Å². The predicted molar refractivity (Wildman–Crippen MR) is 76.2 cm³/mol. The molecule has 0 saturated carbocycles. The molecule has 1 aromatic rings. The molecule has 2 heterocycles. The van der Waals surface area contributed by atoms with Crippen LogP contribution in [0.25, 0.3) is 0 Å². The van der Waals surface area contributed by atoms with Gasteiger partial charge >= 0.3 is 0 Å². The van der Waals surface area contributed by atoms with Crippen molar-refractivity contribution in [3.63, 3.8) is 0 Å². The summed E-state index contributed by atoms with van der Waals surface area (Å²) in [6.45, 7) is 1.88. The van der Waals surface area contributed by atoms with Crippen molar-refractivity contribution < 1.29 is 14.7 Å². The lowest BCUT2D eigenvalue weighted by molar-refractivity contribution is -0.134. The van der Waals surface area contributed by atoms with Gasteiger partial charge in [-0.1, -0.05) is 6.07 Å². The summed E-state index contributed by atoms with van der Waals surface area (Å²) in [6, 6.07) is 5.14. The number of hydrogen-bond acceptors (Lipinski definition) is 5. The highest BCUT2D eigenvalue weighted by atomic mass is 16.3. The van der Waals surface area contributed by atoms with Gasteiger partial charge in [-0.2, -0.15) is 0 Å². The smallest absolute Gasteiger partial charge is 0.237 e. The topological polar surface area (TPSA) is 94.6 Å². The van der Waals surface area contributed by atoms with Crippen molar-refractivity contribution in [3.8, 4) is 0 Å². The van der Waals surface area contributed by atoms with Crippen molar-refractivity contribution in [2.45, 2.75) is 19.0 Å². The van der Waals surface area contributed by atoms with Gasteiger partial charge in [0.2, 0.25) is 11.8 Å². The number of hydrogen-bond donors (Lipinski definition) is 3. The highest BCUT2D eigenvalue weighted by Gasteiger charge is 2.31. The fraction of sp³-hybridized carbons (Fsp3) is 0.500. The maximum atomic E-state index is 12.0. The summed E-state index contributed by atoms with van der Waals surface area (Å²) in [5.41, 5.74) is 0.868. The maximum Gasteiger partial charge on any atom is 0.237 e. The van der Waals surface area contributed by atoms with E-state index in [1.54, 1.807) is 6.20 Å². The molecule has 0 aliphatic carbocycles. The minimum Gasteiger partial charge on any atom is -0.395 e. The van der Waals surface area contributed by atoms with E-state index in [0.717, 1.165) is 5.69 Å². The Morgan fingerprint density at radius 2 is 2.38 bits per heavy atom. The number of aliphatic hydroxyl groups is 1. The SMILES string of the molecule is O=C(C[C@@H]1C(=O)NCCN1Cc1ccccn1)NCCO. The highest BCUT2D eigenvalue weighted by molar-refractivity contribution is 5.88. The molecule has 7 heteroatoms. The lowest BCUT2D eigenvalue weighted by Crippen LogP contribution is -2.56. The maximum absolute atomic E-state index is 12.0. The van der Waals surface area contributed by atoms with Crippen LogP contribution in [0.4, 0.5) is 0 Å². The molecule has 0 bridgehead atoms. The quantitative estimate of drug-likeness (QED) is 0.617. The molecule has 7 nitrogen and oxygen atoms in total. The molecule has 1 aliphatic rings. The molecule has 0 spiro atoms. The lowest BCUT2D eigenvalue weighted by atomic mass is 10.1. The molecule has 3 N–H and O–H groups in total. The van der Waals surface area contributed by atoms with Gasteiger partial charge in [0.25, 0.3) is 0 Å². The van der Waals surface area contributed by atoms with E-state index in [4.69, 9.17) is 5.11 Å². The molecule has 1 aromatic heterocycles. The second-order valence-electron chi connectivity index (χ2n) is 4.88. The average Bonchev–Trinajstić information content (AvgIpc) is 2.50. The Morgan fingerprint density at radius 3 is 3.10 bits per heavy atom. The molecule has 1 fully saturated rings. The fourth-order valence-electron chi connectivity index (χ4n) is 2.32. The largest absolute Gasteiger partial charge is 0.395 e. The van der Waals surface area contributed by atoms with Crippen molar-refractivity contribution >= 4 is 11.8 Å². The van der Waals surface area contributed by atoms with Crippen LogP contribution in [0.15, 0.2) is 24.4 Å². The third-order valence-corrected chi connectivity index (χ3v) is 3.35. The monoisotopic (exact) mass is 292 g/mol. The second kappa shape index (κ2) is 7.70. The van der Waals surface area contributed by atoms with Crippen LogP contribution in [-0.2, 0) is 16.1 Å². The first kappa shape index (κ1) is 15.4. The Morgan fingerprint density at radius 1 is 1.52 bits per heavy atom. The van der Waals surface area contributed by atoms with Crippen LogP contribution in [0.3, 0.4) is 0 Å². The zero-order valence-electron chi connectivity index (χ0n) is 11.8. The number of aromatic nitrogens is 1. The highest BCUT2D eigenvalue weighted by Crippen LogP contribution is 2.12. The van der Waals surface area contributed by atoms with Crippen LogP contribution >= 0.6 is 0 Å². The molecule has 21 heavy (non-hydrogen) atoms. The van der Waals surface area contributed by atoms with E-state index in [9.17, 15) is 9.59 Å². The molecule has 1 atom stereocenters. The molecule has 2 rings (SSSR count). The minimum atomic E-state index is -0.501. The predicted octanol–water partition coefficient (Wildman–Crippen LogP) is -1.12. The number of pyridine rings is 1. The van der Waals surface area contributed by atoms with Gasteiger partial charge in [0.05, 0.1) is 24.8 Å². The first-order chi connectivity index (χ1) is 10.2. The first-order valence-electron chi connectivity index (χ1n) is 7.00. The number of nitrogens with zero attached hydrogens (tertiary/aromatic N) is 2. The van der Waals surface area contributed by atoms with Gasteiger partial charge in [0.1, 0.15) is 0 Å². The number of nitrogens with one attached hydrogen (secondary N) is 2. The van der Waals surface area contributed by atoms with Crippen LogP contribution in [0.1, 0.15) is 12.1 Å². The summed E-state index contributed by atoms with van der Waals surface area (Å²) >= 11 is 0. The van der Waals surface area contributed by atoms with E-state index in [1.165, 1.54) is 0 Å². The van der Waals surface area contributed by atoms with Crippen molar-refractivity contribution in [2.75, 3.05) is 26.2 Å². The summed E-state index contributed by atoms with van der Waals surface area (Å²) in [6.07, 6.45) is 1.79. The summed E-state index contributed by atoms with van der Waals surface area (Å²) < 4.78 is 0. The normalized spacial score (nSPS) is 19.1. The molecular weight excluding hydrogens is 272 g/mol. The number of carbonyl (C=O) groups is 2. The zero-order valence-corrected chi connectivity index (χ0v) is 11.8. The van der Waals surface area contributed by atoms with Gasteiger partial charge in [-0.05, 0) is 12.1 Å². The van der Waals surface area contributed by atoms with E-state index in [1.807, 2.05) is 23.1 Å². The third-order valence-electron chi connectivity index (χ3n) is 3.35. The minimum absolute atomic E-state index is 0.0820. The average molecular weight is 292 g/mol. The standard InChI is InChI=1S/C14H20N4O3/c19-8-6-16-13(20)9-12-14(21)17-5-7-18(12)10-11-3-1-2-4-15-11/h1-4,12,19H,5-10H2,(H,16,20)(H,17,21)/t12-/m1/s1. The Kier molecular flexibility index (Phi) is 5.65. The Balaban J connectivity index is 1.99.